The Bertz CT molecular complexity index is 618. The lowest BCUT2D eigenvalue weighted by Crippen LogP contribution is -2.23. The van der Waals surface area contributed by atoms with Crippen LogP contribution in [0, 0.1) is 5.82 Å². The van der Waals surface area contributed by atoms with Crippen LogP contribution < -0.4 is 5.32 Å². The van der Waals surface area contributed by atoms with Crippen molar-refractivity contribution in [1.29, 1.82) is 0 Å². The molecule has 7 heteroatoms. The monoisotopic (exact) mass is 331 g/mol. The van der Waals surface area contributed by atoms with Gasteiger partial charge in [0.1, 0.15) is 5.82 Å². The van der Waals surface area contributed by atoms with Crippen molar-refractivity contribution in [3.63, 3.8) is 0 Å². The van der Waals surface area contributed by atoms with Gasteiger partial charge in [0.15, 0.2) is 0 Å². The Morgan fingerprint density at radius 1 is 1.38 bits per heavy atom. The molecule has 0 radical (unpaired) electrons. The third-order valence-corrected chi connectivity index (χ3v) is 3.79. The number of hydrogen-bond donors (Lipinski definition) is 1. The normalized spacial score (nSPS) is 12.6. The van der Waals surface area contributed by atoms with E-state index < -0.39 is 0 Å². The molecule has 21 heavy (non-hydrogen) atoms. The number of benzene rings is 1. The lowest BCUT2D eigenvalue weighted by Gasteiger charge is -2.20. The summed E-state index contributed by atoms with van der Waals surface area (Å²) < 4.78 is 20.0. The minimum absolute atomic E-state index is 0.287. The van der Waals surface area contributed by atoms with Crippen molar-refractivity contribution in [3.8, 4) is 0 Å². The number of nitrogens with zero attached hydrogens (tertiary/aromatic N) is 2. The molecule has 0 spiro atoms. The molecule has 0 saturated carbocycles. The highest BCUT2D eigenvalue weighted by Gasteiger charge is 2.23. The van der Waals surface area contributed by atoms with Gasteiger partial charge in [-0.2, -0.15) is 5.10 Å². The summed E-state index contributed by atoms with van der Waals surface area (Å²) in [6, 6.07) is 4.01. The van der Waals surface area contributed by atoms with Gasteiger partial charge in [-0.05, 0) is 24.7 Å². The summed E-state index contributed by atoms with van der Waals surface area (Å²) in [5.74, 6) is -0.377. The second kappa shape index (κ2) is 7.22. The summed E-state index contributed by atoms with van der Waals surface area (Å²) in [5.41, 5.74) is 1.51. The van der Waals surface area contributed by atoms with Crippen molar-refractivity contribution in [3.05, 3.63) is 51.5 Å². The number of ether oxygens (including phenoxy) is 1. The van der Waals surface area contributed by atoms with Gasteiger partial charge >= 0.3 is 0 Å². The molecule has 114 valence electrons. The van der Waals surface area contributed by atoms with E-state index in [1.807, 2.05) is 0 Å². The van der Waals surface area contributed by atoms with Crippen LogP contribution in [-0.2, 0) is 11.3 Å². The maximum Gasteiger partial charge on any atom is 0.124 e. The van der Waals surface area contributed by atoms with Gasteiger partial charge in [0.05, 0.1) is 36.1 Å². The van der Waals surface area contributed by atoms with E-state index in [0.29, 0.717) is 23.2 Å². The van der Waals surface area contributed by atoms with Crippen LogP contribution in [0.1, 0.15) is 17.3 Å². The molecule has 1 atom stereocenters. The molecule has 0 amide bonds. The number of nitrogens with one attached hydrogen (secondary N) is 1. The summed E-state index contributed by atoms with van der Waals surface area (Å²) in [7, 11) is 3.41. The van der Waals surface area contributed by atoms with E-state index in [-0.39, 0.29) is 11.9 Å². The van der Waals surface area contributed by atoms with E-state index in [1.165, 1.54) is 12.1 Å². The average molecular weight is 332 g/mol. The Morgan fingerprint density at radius 2 is 2.14 bits per heavy atom. The molecule has 0 aliphatic heterocycles. The molecule has 2 aromatic rings. The van der Waals surface area contributed by atoms with Crippen LogP contribution in [0.2, 0.25) is 10.0 Å². The zero-order valence-electron chi connectivity index (χ0n) is 11.7. The van der Waals surface area contributed by atoms with Crippen molar-refractivity contribution < 1.29 is 9.13 Å². The molecule has 0 saturated heterocycles. The third-order valence-electron chi connectivity index (χ3n) is 3.18. The third kappa shape index (κ3) is 3.55. The van der Waals surface area contributed by atoms with E-state index >= 15 is 0 Å². The Balaban J connectivity index is 2.43. The van der Waals surface area contributed by atoms with Gasteiger partial charge in [-0.1, -0.05) is 29.3 Å². The highest BCUT2D eigenvalue weighted by molar-refractivity contribution is 6.32. The lowest BCUT2D eigenvalue weighted by molar-refractivity contribution is 0.182. The molecule has 4 nitrogen and oxygen atoms in total. The van der Waals surface area contributed by atoms with Crippen LogP contribution in [0.15, 0.2) is 24.4 Å². The molecule has 1 heterocycles. The number of methoxy groups -OCH3 is 1. The van der Waals surface area contributed by atoms with Crippen LogP contribution >= 0.6 is 23.2 Å². The van der Waals surface area contributed by atoms with E-state index in [1.54, 1.807) is 31.1 Å². The maximum absolute atomic E-state index is 13.2. The standard InChI is InChI=1S/C14H16Cl2FN3O/c1-18-13(10-4-3-9(17)7-11(10)15)14-12(16)8-19-20(14)5-6-21-2/h3-4,7-8,13,18H,5-6H2,1-2H3. The zero-order valence-corrected chi connectivity index (χ0v) is 13.2. The van der Waals surface area contributed by atoms with Crippen LogP contribution in [-0.4, -0.2) is 30.5 Å². The molecule has 2 rings (SSSR count). The first-order valence-electron chi connectivity index (χ1n) is 6.40. The molecule has 1 aromatic heterocycles. The maximum atomic E-state index is 13.2. The summed E-state index contributed by atoms with van der Waals surface area (Å²) in [5, 5.41) is 8.25. The molecular weight excluding hydrogens is 316 g/mol. The number of halogens is 3. The first-order valence-corrected chi connectivity index (χ1v) is 7.16. The number of rotatable bonds is 6. The van der Waals surface area contributed by atoms with Crippen molar-refractivity contribution in [2.45, 2.75) is 12.6 Å². The summed E-state index contributed by atoms with van der Waals surface area (Å²) >= 11 is 12.4. The first-order chi connectivity index (χ1) is 10.1. The summed E-state index contributed by atoms with van der Waals surface area (Å²) in [4.78, 5) is 0. The molecule has 0 bridgehead atoms. The van der Waals surface area contributed by atoms with Gasteiger partial charge in [-0.25, -0.2) is 4.39 Å². The predicted octanol–water partition coefficient (Wildman–Crippen LogP) is 3.28. The summed E-state index contributed by atoms with van der Waals surface area (Å²) in [6.07, 6.45) is 1.58. The van der Waals surface area contributed by atoms with Crippen molar-refractivity contribution in [2.75, 3.05) is 20.8 Å². The van der Waals surface area contributed by atoms with Gasteiger partial charge in [-0.3, -0.25) is 4.68 Å². The minimum Gasteiger partial charge on any atom is -0.383 e. The summed E-state index contributed by atoms with van der Waals surface area (Å²) in [6.45, 7) is 1.08. The fraction of sp³-hybridized carbons (Fsp3) is 0.357. The van der Waals surface area contributed by atoms with E-state index in [9.17, 15) is 4.39 Å². The minimum atomic E-state index is -0.377. The van der Waals surface area contributed by atoms with Gasteiger partial charge in [0, 0.05) is 12.1 Å². The number of hydrogen-bond acceptors (Lipinski definition) is 3. The first kappa shape index (κ1) is 16.2. The Hall–Kier alpha value is -1.14. The second-order valence-corrected chi connectivity index (χ2v) is 5.30. The average Bonchev–Trinajstić information content (AvgIpc) is 2.81. The van der Waals surface area contributed by atoms with Gasteiger partial charge in [-0.15, -0.1) is 0 Å². The second-order valence-electron chi connectivity index (χ2n) is 4.48. The van der Waals surface area contributed by atoms with Gasteiger partial charge in [0.2, 0.25) is 0 Å². The molecule has 0 aliphatic rings. The quantitative estimate of drug-likeness (QED) is 0.882. The SMILES string of the molecule is CNC(c1ccc(F)cc1Cl)c1c(Cl)cnn1CCOC. The molecule has 0 aliphatic carbocycles. The highest BCUT2D eigenvalue weighted by atomic mass is 35.5. The fourth-order valence-corrected chi connectivity index (χ4v) is 2.72. The van der Waals surface area contributed by atoms with E-state index in [0.717, 1.165) is 11.3 Å². The van der Waals surface area contributed by atoms with Crippen LogP contribution in [0.3, 0.4) is 0 Å². The van der Waals surface area contributed by atoms with Crippen molar-refractivity contribution in [2.24, 2.45) is 0 Å². The smallest absolute Gasteiger partial charge is 0.124 e. The topological polar surface area (TPSA) is 39.1 Å². The molecule has 1 aromatic carbocycles. The zero-order chi connectivity index (χ0) is 15.4. The van der Waals surface area contributed by atoms with Crippen molar-refractivity contribution in [1.82, 2.24) is 15.1 Å². The van der Waals surface area contributed by atoms with Crippen LogP contribution in [0.5, 0.6) is 0 Å². The largest absolute Gasteiger partial charge is 0.383 e. The molecule has 1 unspecified atom stereocenters. The molecule has 1 N–H and O–H groups in total. The fourth-order valence-electron chi connectivity index (χ4n) is 2.19. The van der Waals surface area contributed by atoms with E-state index in [4.69, 9.17) is 27.9 Å². The van der Waals surface area contributed by atoms with Crippen LogP contribution in [0.25, 0.3) is 0 Å². The predicted molar refractivity (Wildman–Crippen MR) is 81.4 cm³/mol. The molecular formula is C14H16Cl2FN3O. The Kier molecular flexibility index (Phi) is 5.58. The Morgan fingerprint density at radius 3 is 2.76 bits per heavy atom. The van der Waals surface area contributed by atoms with Gasteiger partial charge in [0.25, 0.3) is 0 Å². The lowest BCUT2D eigenvalue weighted by atomic mass is 10.0. The molecule has 0 fully saturated rings. The van der Waals surface area contributed by atoms with Gasteiger partial charge < -0.3 is 10.1 Å². The Labute approximate surface area is 132 Å². The van der Waals surface area contributed by atoms with E-state index in [2.05, 4.69) is 10.4 Å². The highest BCUT2D eigenvalue weighted by Crippen LogP contribution is 2.32. The number of aromatic nitrogens is 2. The van der Waals surface area contributed by atoms with Crippen LogP contribution in [0.4, 0.5) is 4.39 Å². The van der Waals surface area contributed by atoms with Crippen molar-refractivity contribution >= 4 is 23.2 Å².